The molecule has 0 aliphatic carbocycles. The second-order valence-electron chi connectivity index (χ2n) is 4.95. The minimum atomic E-state index is 0.0515. The van der Waals surface area contributed by atoms with Crippen molar-refractivity contribution >= 4 is 15.9 Å². The molecule has 3 heteroatoms. The van der Waals surface area contributed by atoms with E-state index in [-0.39, 0.29) is 6.04 Å². The Kier molecular flexibility index (Phi) is 7.47. The molecule has 0 heterocycles. The van der Waals surface area contributed by atoms with Crippen LogP contribution in [0.15, 0.2) is 22.7 Å². The number of rotatable bonds is 8. The van der Waals surface area contributed by atoms with Crippen molar-refractivity contribution in [2.45, 2.75) is 52.5 Å². The monoisotopic (exact) mass is 327 g/mol. The molecule has 2 nitrogen and oxygen atoms in total. The molecule has 1 aromatic carbocycles. The molecule has 0 spiro atoms. The zero-order valence-electron chi connectivity index (χ0n) is 12.3. The zero-order valence-corrected chi connectivity index (χ0v) is 13.9. The van der Waals surface area contributed by atoms with Crippen LogP contribution in [0.4, 0.5) is 0 Å². The lowest BCUT2D eigenvalue weighted by Crippen LogP contribution is -2.22. The van der Waals surface area contributed by atoms with Crippen LogP contribution >= 0.6 is 15.9 Å². The van der Waals surface area contributed by atoms with Gasteiger partial charge < -0.3 is 10.5 Å². The van der Waals surface area contributed by atoms with E-state index < -0.39 is 0 Å². The largest absolute Gasteiger partial charge is 0.494 e. The van der Waals surface area contributed by atoms with Crippen molar-refractivity contribution in [3.05, 3.63) is 28.2 Å². The first-order valence-corrected chi connectivity index (χ1v) is 8.11. The summed E-state index contributed by atoms with van der Waals surface area (Å²) in [4.78, 5) is 0. The summed E-state index contributed by atoms with van der Waals surface area (Å²) in [5.74, 6) is 1.45. The van der Waals surface area contributed by atoms with Crippen molar-refractivity contribution in [1.29, 1.82) is 0 Å². The Morgan fingerprint density at radius 2 is 2.00 bits per heavy atom. The summed E-state index contributed by atoms with van der Waals surface area (Å²) in [5.41, 5.74) is 7.61. The van der Waals surface area contributed by atoms with Gasteiger partial charge in [0, 0.05) is 16.1 Å². The number of halogens is 1. The van der Waals surface area contributed by atoms with E-state index in [4.69, 9.17) is 10.5 Å². The predicted molar refractivity (Wildman–Crippen MR) is 85.5 cm³/mol. The predicted octanol–water partition coefficient (Wildman–Crippen LogP) is 5.06. The Morgan fingerprint density at radius 1 is 1.26 bits per heavy atom. The van der Waals surface area contributed by atoms with Gasteiger partial charge in [-0.2, -0.15) is 0 Å². The van der Waals surface area contributed by atoms with Crippen LogP contribution in [0.2, 0.25) is 0 Å². The number of ether oxygens (including phenoxy) is 1. The third-order valence-electron chi connectivity index (χ3n) is 3.59. The highest BCUT2D eigenvalue weighted by Crippen LogP contribution is 2.34. The quantitative estimate of drug-likeness (QED) is 0.723. The summed E-state index contributed by atoms with van der Waals surface area (Å²) >= 11 is 3.53. The van der Waals surface area contributed by atoms with E-state index in [9.17, 15) is 0 Å². The molecule has 19 heavy (non-hydrogen) atoms. The lowest BCUT2D eigenvalue weighted by atomic mass is 9.87. The molecule has 2 atom stereocenters. The highest BCUT2D eigenvalue weighted by atomic mass is 79.9. The molecule has 108 valence electrons. The molecule has 0 saturated heterocycles. The number of hydrogen-bond donors (Lipinski definition) is 1. The maximum Gasteiger partial charge on any atom is 0.124 e. The van der Waals surface area contributed by atoms with Gasteiger partial charge in [-0.3, -0.25) is 0 Å². The van der Waals surface area contributed by atoms with Crippen molar-refractivity contribution in [3.8, 4) is 5.75 Å². The van der Waals surface area contributed by atoms with Gasteiger partial charge in [0.15, 0.2) is 0 Å². The second kappa shape index (κ2) is 8.60. The van der Waals surface area contributed by atoms with Crippen LogP contribution in [0.3, 0.4) is 0 Å². The number of benzene rings is 1. The van der Waals surface area contributed by atoms with Crippen LogP contribution in [-0.4, -0.2) is 6.61 Å². The molecule has 0 radical (unpaired) electrons. The molecule has 1 rings (SSSR count). The molecular weight excluding hydrogens is 302 g/mol. The summed E-state index contributed by atoms with van der Waals surface area (Å²) in [6.07, 6.45) is 4.76. The van der Waals surface area contributed by atoms with Gasteiger partial charge in [-0.15, -0.1) is 0 Å². The highest BCUT2D eigenvalue weighted by molar-refractivity contribution is 9.10. The molecule has 0 aliphatic heterocycles. The average molecular weight is 328 g/mol. The van der Waals surface area contributed by atoms with Gasteiger partial charge in [0.25, 0.3) is 0 Å². The van der Waals surface area contributed by atoms with E-state index in [2.05, 4.69) is 35.8 Å². The molecule has 0 fully saturated rings. The first-order valence-electron chi connectivity index (χ1n) is 7.31. The third-order valence-corrected chi connectivity index (χ3v) is 4.08. The topological polar surface area (TPSA) is 35.2 Å². The van der Waals surface area contributed by atoms with Crippen molar-refractivity contribution in [1.82, 2.24) is 0 Å². The maximum absolute atomic E-state index is 6.49. The van der Waals surface area contributed by atoms with Gasteiger partial charge in [0.1, 0.15) is 5.75 Å². The van der Waals surface area contributed by atoms with E-state index >= 15 is 0 Å². The highest BCUT2D eigenvalue weighted by Gasteiger charge is 2.21. The lowest BCUT2D eigenvalue weighted by Gasteiger charge is -2.25. The van der Waals surface area contributed by atoms with Crippen molar-refractivity contribution in [2.24, 2.45) is 11.7 Å². The van der Waals surface area contributed by atoms with Gasteiger partial charge in [-0.1, -0.05) is 49.0 Å². The summed E-state index contributed by atoms with van der Waals surface area (Å²) in [6.45, 7) is 7.13. The fraction of sp³-hybridized carbons (Fsp3) is 0.625. The summed E-state index contributed by atoms with van der Waals surface area (Å²) in [5, 5.41) is 0. The lowest BCUT2D eigenvalue weighted by molar-refractivity contribution is 0.320. The van der Waals surface area contributed by atoms with Crippen LogP contribution in [0.25, 0.3) is 0 Å². The zero-order chi connectivity index (χ0) is 14.3. The van der Waals surface area contributed by atoms with Gasteiger partial charge in [0.05, 0.1) is 6.61 Å². The van der Waals surface area contributed by atoms with Crippen LogP contribution < -0.4 is 10.5 Å². The normalized spacial score (nSPS) is 14.2. The van der Waals surface area contributed by atoms with E-state index in [0.717, 1.165) is 22.2 Å². The van der Waals surface area contributed by atoms with Crippen LogP contribution in [0.1, 0.15) is 58.1 Å². The molecule has 0 aliphatic rings. The van der Waals surface area contributed by atoms with Crippen LogP contribution in [0, 0.1) is 5.92 Å². The van der Waals surface area contributed by atoms with Crippen LogP contribution in [0.5, 0.6) is 5.75 Å². The van der Waals surface area contributed by atoms with Gasteiger partial charge in [-0.05, 0) is 37.5 Å². The summed E-state index contributed by atoms with van der Waals surface area (Å²) in [6, 6.07) is 6.17. The molecule has 2 unspecified atom stereocenters. The first kappa shape index (κ1) is 16.5. The Morgan fingerprint density at radius 3 is 2.58 bits per heavy atom. The fourth-order valence-corrected chi connectivity index (χ4v) is 2.80. The van der Waals surface area contributed by atoms with E-state index in [0.29, 0.717) is 12.5 Å². The fourth-order valence-electron chi connectivity index (χ4n) is 2.42. The molecule has 0 amide bonds. The van der Waals surface area contributed by atoms with Crippen LogP contribution in [-0.2, 0) is 0 Å². The van der Waals surface area contributed by atoms with Crippen molar-refractivity contribution < 1.29 is 4.74 Å². The van der Waals surface area contributed by atoms with E-state index in [1.807, 2.05) is 19.1 Å². The Labute approximate surface area is 125 Å². The Hall–Kier alpha value is -0.540. The van der Waals surface area contributed by atoms with Gasteiger partial charge in [-0.25, -0.2) is 0 Å². The second-order valence-corrected chi connectivity index (χ2v) is 5.87. The number of nitrogens with two attached hydrogens (primary N) is 1. The standard InChI is InChI=1S/C16H26BrNO/c1-4-7-8-12(5-2)16(18)14-11-13(17)9-10-15(14)19-6-3/h9-12,16H,4-8,18H2,1-3H3. The summed E-state index contributed by atoms with van der Waals surface area (Å²) in [7, 11) is 0. The minimum Gasteiger partial charge on any atom is -0.494 e. The average Bonchev–Trinajstić information content (AvgIpc) is 2.41. The van der Waals surface area contributed by atoms with Gasteiger partial charge >= 0.3 is 0 Å². The smallest absolute Gasteiger partial charge is 0.124 e. The molecule has 1 aromatic rings. The third kappa shape index (κ3) is 4.81. The Balaban J connectivity index is 2.94. The number of unbranched alkanes of at least 4 members (excludes halogenated alkanes) is 1. The molecular formula is C16H26BrNO. The van der Waals surface area contributed by atoms with E-state index in [1.165, 1.54) is 19.3 Å². The molecule has 2 N–H and O–H groups in total. The molecule has 0 saturated carbocycles. The minimum absolute atomic E-state index is 0.0515. The first-order chi connectivity index (χ1) is 9.13. The van der Waals surface area contributed by atoms with Gasteiger partial charge in [0.2, 0.25) is 0 Å². The Bertz CT molecular complexity index is 381. The number of hydrogen-bond acceptors (Lipinski definition) is 2. The van der Waals surface area contributed by atoms with E-state index in [1.54, 1.807) is 0 Å². The SMILES string of the molecule is CCCCC(CC)C(N)c1cc(Br)ccc1OCC. The van der Waals surface area contributed by atoms with Crippen molar-refractivity contribution in [3.63, 3.8) is 0 Å². The molecule has 0 bridgehead atoms. The molecule has 0 aromatic heterocycles. The maximum atomic E-state index is 6.49. The summed E-state index contributed by atoms with van der Waals surface area (Å²) < 4.78 is 6.77. The van der Waals surface area contributed by atoms with Crippen molar-refractivity contribution in [2.75, 3.05) is 6.61 Å².